The van der Waals surface area contributed by atoms with Crippen molar-refractivity contribution >= 4 is 22.9 Å². The number of methoxy groups -OCH3 is 1. The minimum absolute atomic E-state index is 0.0332. The molecule has 0 fully saturated rings. The van der Waals surface area contributed by atoms with E-state index < -0.39 is 11.6 Å². The highest BCUT2D eigenvalue weighted by Crippen LogP contribution is 2.29. The lowest BCUT2D eigenvalue weighted by Gasteiger charge is -2.12. The van der Waals surface area contributed by atoms with Crippen molar-refractivity contribution in [1.82, 2.24) is 5.16 Å². The monoisotopic (exact) mass is 429 g/mol. The van der Waals surface area contributed by atoms with Crippen LogP contribution in [0.15, 0.2) is 38.0 Å². The molecule has 0 N–H and O–H groups in total. The van der Waals surface area contributed by atoms with E-state index in [0.29, 0.717) is 34.6 Å². The zero-order valence-electron chi connectivity index (χ0n) is 17.6. The molecule has 1 aromatic carbocycles. The topological polar surface area (TPSA) is 118 Å². The van der Waals surface area contributed by atoms with E-state index in [1.807, 2.05) is 0 Å². The average molecular weight is 429 g/mol. The fraction of sp³-hybridized carbons (Fsp3) is 0.364. The second-order valence-electron chi connectivity index (χ2n) is 6.82. The van der Waals surface area contributed by atoms with Gasteiger partial charge in [-0.25, -0.2) is 4.79 Å². The summed E-state index contributed by atoms with van der Waals surface area (Å²) in [5.41, 5.74) is 1.15. The lowest BCUT2D eigenvalue weighted by Crippen LogP contribution is -2.12. The van der Waals surface area contributed by atoms with Crippen molar-refractivity contribution in [2.45, 2.75) is 39.5 Å². The number of rotatable bonds is 9. The molecule has 3 rings (SSSR count). The first-order valence-electron chi connectivity index (χ1n) is 9.83. The molecule has 31 heavy (non-hydrogen) atoms. The summed E-state index contributed by atoms with van der Waals surface area (Å²) in [7, 11) is 1.47. The van der Waals surface area contributed by atoms with Gasteiger partial charge in [0.1, 0.15) is 17.1 Å². The summed E-state index contributed by atoms with van der Waals surface area (Å²) in [4.78, 5) is 36.0. The molecule has 0 radical (unpaired) electrons. The Labute approximate surface area is 177 Å². The van der Waals surface area contributed by atoms with Crippen molar-refractivity contribution in [2.24, 2.45) is 0 Å². The molecule has 9 heteroatoms. The maximum atomic E-state index is 12.4. The summed E-state index contributed by atoms with van der Waals surface area (Å²) in [5.74, 6) is 0.171. The molecule has 0 aliphatic heterocycles. The molecular weight excluding hydrogens is 406 g/mol. The Kier molecular flexibility index (Phi) is 7.07. The fourth-order valence-corrected chi connectivity index (χ4v) is 3.06. The molecule has 0 atom stereocenters. The van der Waals surface area contributed by atoms with Crippen LogP contribution in [0, 0.1) is 6.92 Å². The Morgan fingerprint density at radius 3 is 2.55 bits per heavy atom. The predicted octanol–water partition coefficient (Wildman–Crippen LogP) is 3.13. The number of nitrogens with zero attached hydrogens (tertiary/aromatic N) is 1. The van der Waals surface area contributed by atoms with Crippen molar-refractivity contribution in [3.05, 3.63) is 51.6 Å². The molecule has 0 amide bonds. The molecule has 0 saturated carbocycles. The van der Waals surface area contributed by atoms with Crippen LogP contribution in [-0.4, -0.2) is 30.8 Å². The van der Waals surface area contributed by atoms with Crippen LogP contribution in [0.3, 0.4) is 0 Å². The SMILES string of the molecule is CCOC(=O)CCc1cc2c(C)cc(=O)oc2cc1OC(=O)CCc1cc(OC)no1. The smallest absolute Gasteiger partial charge is 0.336 e. The summed E-state index contributed by atoms with van der Waals surface area (Å²) in [6, 6.07) is 6.23. The highest BCUT2D eigenvalue weighted by molar-refractivity contribution is 5.84. The van der Waals surface area contributed by atoms with E-state index in [2.05, 4.69) is 5.16 Å². The van der Waals surface area contributed by atoms with Crippen molar-refractivity contribution in [3.63, 3.8) is 0 Å². The molecule has 0 unspecified atom stereocenters. The van der Waals surface area contributed by atoms with Crippen molar-refractivity contribution in [3.8, 4) is 11.6 Å². The van der Waals surface area contributed by atoms with Gasteiger partial charge in [0.25, 0.3) is 5.88 Å². The quantitative estimate of drug-likeness (QED) is 0.287. The third kappa shape index (κ3) is 5.71. The molecule has 2 aromatic heterocycles. The van der Waals surface area contributed by atoms with Gasteiger partial charge in [-0.2, -0.15) is 0 Å². The number of benzene rings is 1. The van der Waals surface area contributed by atoms with E-state index >= 15 is 0 Å². The Morgan fingerprint density at radius 1 is 1.06 bits per heavy atom. The van der Waals surface area contributed by atoms with Gasteiger partial charge in [0.2, 0.25) is 0 Å². The number of ether oxygens (including phenoxy) is 3. The Hall–Kier alpha value is -3.62. The average Bonchev–Trinajstić information content (AvgIpc) is 3.19. The van der Waals surface area contributed by atoms with Crippen LogP contribution in [0.1, 0.15) is 36.7 Å². The van der Waals surface area contributed by atoms with E-state index in [-0.39, 0.29) is 37.6 Å². The van der Waals surface area contributed by atoms with E-state index in [9.17, 15) is 14.4 Å². The van der Waals surface area contributed by atoms with E-state index in [1.54, 1.807) is 26.0 Å². The summed E-state index contributed by atoms with van der Waals surface area (Å²) in [6.07, 6.45) is 0.730. The first kappa shape index (κ1) is 22.1. The van der Waals surface area contributed by atoms with Crippen LogP contribution in [0.2, 0.25) is 0 Å². The van der Waals surface area contributed by atoms with E-state index in [0.717, 1.165) is 5.56 Å². The van der Waals surface area contributed by atoms with Crippen molar-refractivity contribution in [1.29, 1.82) is 0 Å². The summed E-state index contributed by atoms with van der Waals surface area (Å²) >= 11 is 0. The van der Waals surface area contributed by atoms with Gasteiger partial charge in [0.05, 0.1) is 20.1 Å². The lowest BCUT2D eigenvalue weighted by molar-refractivity contribution is -0.143. The molecule has 0 aliphatic rings. The predicted molar refractivity (Wildman–Crippen MR) is 109 cm³/mol. The molecule has 2 heterocycles. The first-order chi connectivity index (χ1) is 14.9. The van der Waals surface area contributed by atoms with Gasteiger partial charge >= 0.3 is 17.6 Å². The zero-order chi connectivity index (χ0) is 22.4. The Balaban J connectivity index is 1.81. The van der Waals surface area contributed by atoms with Gasteiger partial charge in [0.15, 0.2) is 0 Å². The molecular formula is C22H23NO8. The fourth-order valence-electron chi connectivity index (χ4n) is 3.06. The summed E-state index contributed by atoms with van der Waals surface area (Å²) in [6.45, 7) is 3.80. The number of hydrogen-bond donors (Lipinski definition) is 0. The first-order valence-corrected chi connectivity index (χ1v) is 9.83. The van der Waals surface area contributed by atoms with Gasteiger partial charge in [0, 0.05) is 36.4 Å². The number of fused-ring (bicyclic) bond motifs is 1. The van der Waals surface area contributed by atoms with Crippen LogP contribution >= 0.6 is 0 Å². The molecule has 164 valence electrons. The number of aryl methyl sites for hydroxylation is 3. The van der Waals surface area contributed by atoms with E-state index in [4.69, 9.17) is 23.2 Å². The van der Waals surface area contributed by atoms with Gasteiger partial charge in [-0.15, -0.1) is 0 Å². The third-order valence-corrected chi connectivity index (χ3v) is 4.58. The van der Waals surface area contributed by atoms with Gasteiger partial charge in [-0.1, -0.05) is 0 Å². The number of carbonyl (C=O) groups excluding carboxylic acids is 2. The second kappa shape index (κ2) is 9.92. The number of carbonyl (C=O) groups is 2. The standard InChI is InChI=1S/C22H23NO8/c1-4-28-20(24)7-5-14-10-16-13(2)9-22(26)30-18(16)12-17(14)29-21(25)8-6-15-11-19(27-3)23-31-15/h9-12H,4-8H2,1-3H3. The molecule has 3 aromatic rings. The highest BCUT2D eigenvalue weighted by Gasteiger charge is 2.16. The van der Waals surface area contributed by atoms with Crippen LogP contribution < -0.4 is 15.1 Å². The Bertz CT molecular complexity index is 1140. The number of esters is 2. The van der Waals surface area contributed by atoms with Crippen molar-refractivity contribution in [2.75, 3.05) is 13.7 Å². The highest BCUT2D eigenvalue weighted by atomic mass is 16.5. The zero-order valence-corrected chi connectivity index (χ0v) is 17.6. The number of aromatic nitrogens is 1. The molecule has 0 saturated heterocycles. The Morgan fingerprint density at radius 2 is 1.84 bits per heavy atom. The number of hydrogen-bond acceptors (Lipinski definition) is 9. The van der Waals surface area contributed by atoms with Crippen LogP contribution in [0.5, 0.6) is 11.6 Å². The van der Waals surface area contributed by atoms with Gasteiger partial charge < -0.3 is 23.2 Å². The normalized spacial score (nSPS) is 10.8. The molecule has 0 aliphatic carbocycles. The largest absolute Gasteiger partial charge is 0.479 e. The summed E-state index contributed by atoms with van der Waals surface area (Å²) in [5, 5.41) is 4.38. The lowest BCUT2D eigenvalue weighted by atomic mass is 10.0. The molecule has 0 bridgehead atoms. The molecule has 0 spiro atoms. The van der Waals surface area contributed by atoms with Crippen LogP contribution in [-0.2, 0) is 27.2 Å². The van der Waals surface area contributed by atoms with Crippen LogP contribution in [0.4, 0.5) is 0 Å². The maximum absolute atomic E-state index is 12.4. The second-order valence-corrected chi connectivity index (χ2v) is 6.82. The van der Waals surface area contributed by atoms with Crippen LogP contribution in [0.25, 0.3) is 11.0 Å². The van der Waals surface area contributed by atoms with E-state index in [1.165, 1.54) is 19.2 Å². The minimum Gasteiger partial charge on any atom is -0.479 e. The third-order valence-electron chi connectivity index (χ3n) is 4.58. The minimum atomic E-state index is -0.512. The van der Waals surface area contributed by atoms with Gasteiger partial charge in [-0.3, -0.25) is 9.59 Å². The van der Waals surface area contributed by atoms with Crippen molar-refractivity contribution < 1.29 is 32.7 Å². The maximum Gasteiger partial charge on any atom is 0.336 e. The summed E-state index contributed by atoms with van der Waals surface area (Å²) < 4.78 is 25.8. The molecule has 9 nitrogen and oxygen atoms in total. The van der Waals surface area contributed by atoms with Gasteiger partial charge in [-0.05, 0) is 42.6 Å².